The summed E-state index contributed by atoms with van der Waals surface area (Å²) in [5.74, 6) is -0.803. The molecule has 2 N–H and O–H groups in total. The Morgan fingerprint density at radius 1 is 1.26 bits per heavy atom. The minimum absolute atomic E-state index is 0.0156. The van der Waals surface area contributed by atoms with Crippen molar-refractivity contribution in [3.63, 3.8) is 0 Å². The highest BCUT2D eigenvalue weighted by Gasteiger charge is 2.31. The smallest absolute Gasteiger partial charge is 0.396 e. The van der Waals surface area contributed by atoms with Gasteiger partial charge in [0, 0.05) is 30.4 Å². The van der Waals surface area contributed by atoms with Gasteiger partial charge in [0.2, 0.25) is 5.95 Å². The Morgan fingerprint density at radius 2 is 2.06 bits per heavy atom. The first kappa shape index (κ1) is 23.7. The van der Waals surface area contributed by atoms with Crippen molar-refractivity contribution in [1.82, 2.24) is 9.55 Å². The minimum atomic E-state index is -4.58. The molecular weight excluding hydrogens is 453 g/mol. The molecule has 0 aliphatic carbocycles. The number of nitrogens with one attached hydrogen (secondary N) is 1. The van der Waals surface area contributed by atoms with E-state index in [4.69, 9.17) is 4.74 Å². The highest BCUT2D eigenvalue weighted by molar-refractivity contribution is 6.04. The van der Waals surface area contributed by atoms with Crippen LogP contribution in [0, 0.1) is 0 Å². The maximum absolute atomic E-state index is 13.1. The number of aromatic nitrogens is 2. The average molecular weight is 476 g/mol. The van der Waals surface area contributed by atoms with Crippen molar-refractivity contribution in [2.45, 2.75) is 25.6 Å². The molecule has 0 spiro atoms. The fraction of sp³-hybridized carbons (Fsp3) is 0.348. The van der Waals surface area contributed by atoms with E-state index < -0.39 is 17.6 Å². The fourth-order valence-corrected chi connectivity index (χ4v) is 3.91. The third kappa shape index (κ3) is 4.75. The molecule has 0 bridgehead atoms. The van der Waals surface area contributed by atoms with E-state index >= 15 is 0 Å². The van der Waals surface area contributed by atoms with Crippen molar-refractivity contribution in [3.05, 3.63) is 53.6 Å². The average Bonchev–Trinajstić information content (AvgIpc) is 3.16. The summed E-state index contributed by atoms with van der Waals surface area (Å²) in [7, 11) is 0. The van der Waals surface area contributed by atoms with Gasteiger partial charge < -0.3 is 19.3 Å². The van der Waals surface area contributed by atoms with Gasteiger partial charge in [0.25, 0.3) is 11.8 Å². The van der Waals surface area contributed by atoms with E-state index in [0.717, 1.165) is 12.1 Å². The molecule has 2 aromatic carbocycles. The van der Waals surface area contributed by atoms with E-state index in [1.54, 1.807) is 27.7 Å². The monoisotopic (exact) mass is 476 g/mol. The van der Waals surface area contributed by atoms with Gasteiger partial charge in [-0.15, -0.1) is 0 Å². The van der Waals surface area contributed by atoms with Crippen molar-refractivity contribution in [1.29, 1.82) is 0 Å². The van der Waals surface area contributed by atoms with Gasteiger partial charge in [-0.05, 0) is 49.7 Å². The molecule has 1 saturated heterocycles. The van der Waals surface area contributed by atoms with E-state index in [9.17, 15) is 27.9 Å². The highest BCUT2D eigenvalue weighted by Crippen LogP contribution is 2.31. The van der Waals surface area contributed by atoms with Crippen LogP contribution in [-0.4, -0.2) is 52.8 Å². The summed E-state index contributed by atoms with van der Waals surface area (Å²) >= 11 is 0. The Hall–Kier alpha value is -3.44. The van der Waals surface area contributed by atoms with E-state index in [0.29, 0.717) is 36.3 Å². The molecule has 1 aromatic heterocycles. The normalized spacial score (nSPS) is 15.6. The lowest BCUT2D eigenvalue weighted by Gasteiger charge is -2.26. The number of rotatable bonds is 6. The lowest BCUT2D eigenvalue weighted by atomic mass is 10.1. The number of amides is 2. The van der Waals surface area contributed by atoms with Crippen molar-refractivity contribution in [2.24, 2.45) is 0 Å². The first-order chi connectivity index (χ1) is 16.2. The summed E-state index contributed by atoms with van der Waals surface area (Å²) in [4.78, 5) is 31.1. The summed E-state index contributed by atoms with van der Waals surface area (Å²) in [5.41, 5.74) is 0.659. The molecular formula is C23H23F3N4O4. The SMILES string of the molecule is C[C@H](CCO)n1c(NC(=O)c2cccc(C(F)(F)F)c2)nc2cc(N3CCOCC3=O)ccc21. The van der Waals surface area contributed by atoms with Gasteiger partial charge in [-0.25, -0.2) is 4.98 Å². The van der Waals surface area contributed by atoms with Crippen LogP contribution in [0.25, 0.3) is 11.0 Å². The molecule has 4 rings (SSSR count). The number of halogens is 3. The molecule has 1 fully saturated rings. The van der Waals surface area contributed by atoms with Gasteiger partial charge in [-0.3, -0.25) is 14.9 Å². The Kier molecular flexibility index (Phi) is 6.58. The lowest BCUT2D eigenvalue weighted by Crippen LogP contribution is -2.41. The summed E-state index contributed by atoms with van der Waals surface area (Å²) in [6, 6.07) is 9.08. The standard InChI is InChI=1S/C23H23F3N4O4/c1-14(7-9-31)30-19-6-5-17(29-8-10-34-13-20(29)32)12-18(19)27-22(30)28-21(33)15-3-2-4-16(11-15)23(24,25)26/h2-6,11-12,14,31H,7-10,13H2,1H3,(H,27,28,33)/t14-/m1/s1. The zero-order chi connectivity index (χ0) is 24.5. The minimum Gasteiger partial charge on any atom is -0.396 e. The second kappa shape index (κ2) is 9.43. The van der Waals surface area contributed by atoms with Crippen molar-refractivity contribution < 1.29 is 32.6 Å². The second-order valence-electron chi connectivity index (χ2n) is 7.97. The number of morpholine rings is 1. The van der Waals surface area contributed by atoms with Crippen LogP contribution in [0.4, 0.5) is 24.8 Å². The maximum atomic E-state index is 13.1. The number of anilines is 2. The van der Waals surface area contributed by atoms with Crippen molar-refractivity contribution >= 4 is 34.5 Å². The lowest BCUT2D eigenvalue weighted by molar-refractivity contribution is -0.137. The topological polar surface area (TPSA) is 96.7 Å². The summed E-state index contributed by atoms with van der Waals surface area (Å²) in [5, 5.41) is 12.0. The van der Waals surface area contributed by atoms with Crippen LogP contribution in [0.15, 0.2) is 42.5 Å². The number of carbonyl (C=O) groups is 2. The number of aliphatic hydroxyl groups excluding tert-OH is 1. The predicted molar refractivity (Wildman–Crippen MR) is 119 cm³/mol. The van der Waals surface area contributed by atoms with Crippen LogP contribution in [0.3, 0.4) is 0 Å². The molecule has 0 unspecified atom stereocenters. The first-order valence-corrected chi connectivity index (χ1v) is 10.7. The van der Waals surface area contributed by atoms with Gasteiger partial charge in [-0.1, -0.05) is 6.07 Å². The van der Waals surface area contributed by atoms with Crippen LogP contribution in [0.1, 0.15) is 35.3 Å². The molecule has 1 aliphatic rings. The molecule has 180 valence electrons. The van der Waals surface area contributed by atoms with Crippen LogP contribution in [0.2, 0.25) is 0 Å². The Morgan fingerprint density at radius 3 is 2.76 bits per heavy atom. The molecule has 8 nitrogen and oxygen atoms in total. The van der Waals surface area contributed by atoms with Crippen molar-refractivity contribution in [2.75, 3.05) is 36.6 Å². The highest BCUT2D eigenvalue weighted by atomic mass is 19.4. The number of aliphatic hydroxyl groups is 1. The number of hydrogen-bond acceptors (Lipinski definition) is 5. The molecule has 1 aliphatic heterocycles. The van der Waals surface area contributed by atoms with Gasteiger partial charge in [0.1, 0.15) is 6.61 Å². The third-order valence-corrected chi connectivity index (χ3v) is 5.64. The molecule has 2 heterocycles. The van der Waals surface area contributed by atoms with E-state index in [1.165, 1.54) is 12.1 Å². The number of fused-ring (bicyclic) bond motifs is 1. The number of benzene rings is 2. The van der Waals surface area contributed by atoms with Gasteiger partial charge >= 0.3 is 6.18 Å². The van der Waals surface area contributed by atoms with E-state index in [1.807, 2.05) is 6.92 Å². The van der Waals surface area contributed by atoms with Crippen LogP contribution in [0.5, 0.6) is 0 Å². The van der Waals surface area contributed by atoms with Gasteiger partial charge in [0.15, 0.2) is 0 Å². The molecule has 2 amide bonds. The summed E-state index contributed by atoms with van der Waals surface area (Å²) in [6.07, 6.45) is -4.21. The molecule has 3 aromatic rings. The van der Waals surface area contributed by atoms with Gasteiger partial charge in [-0.2, -0.15) is 13.2 Å². The van der Waals surface area contributed by atoms with Crippen molar-refractivity contribution in [3.8, 4) is 0 Å². The molecule has 11 heteroatoms. The van der Waals surface area contributed by atoms with E-state index in [2.05, 4.69) is 10.3 Å². The number of alkyl halides is 3. The van der Waals surface area contributed by atoms with Crippen LogP contribution >= 0.6 is 0 Å². The van der Waals surface area contributed by atoms with E-state index in [-0.39, 0.29) is 36.7 Å². The molecule has 0 saturated carbocycles. The molecule has 1 atom stereocenters. The number of imidazole rings is 1. The second-order valence-corrected chi connectivity index (χ2v) is 7.97. The zero-order valence-electron chi connectivity index (χ0n) is 18.3. The summed E-state index contributed by atoms with van der Waals surface area (Å²) < 4.78 is 46.1. The Balaban J connectivity index is 1.71. The number of hydrogen-bond donors (Lipinski definition) is 2. The number of carbonyl (C=O) groups excluding carboxylic acids is 2. The Labute approximate surface area is 192 Å². The van der Waals surface area contributed by atoms with Crippen LogP contribution < -0.4 is 10.2 Å². The van der Waals surface area contributed by atoms with Crippen LogP contribution in [-0.2, 0) is 15.7 Å². The Bertz CT molecular complexity index is 1220. The first-order valence-electron chi connectivity index (χ1n) is 10.7. The third-order valence-electron chi connectivity index (χ3n) is 5.64. The fourth-order valence-electron chi connectivity index (χ4n) is 3.91. The predicted octanol–water partition coefficient (Wildman–Crippen LogP) is 3.61. The molecule has 0 radical (unpaired) electrons. The number of ether oxygens (including phenoxy) is 1. The zero-order valence-corrected chi connectivity index (χ0v) is 18.3. The quantitative estimate of drug-likeness (QED) is 0.567. The maximum Gasteiger partial charge on any atom is 0.416 e. The number of nitrogens with zero attached hydrogens (tertiary/aromatic N) is 3. The van der Waals surface area contributed by atoms with Gasteiger partial charge in [0.05, 0.1) is 23.2 Å². The molecule has 34 heavy (non-hydrogen) atoms. The largest absolute Gasteiger partial charge is 0.416 e. The summed E-state index contributed by atoms with van der Waals surface area (Å²) in [6.45, 7) is 2.51.